The molecule has 2 fully saturated rings. The Labute approximate surface area is 112 Å². The van der Waals surface area contributed by atoms with E-state index in [1.807, 2.05) is 7.11 Å². The zero-order chi connectivity index (χ0) is 13.1. The lowest BCUT2D eigenvalue weighted by Crippen LogP contribution is -2.57. The Morgan fingerprint density at radius 2 is 1.94 bits per heavy atom. The first-order valence-corrected chi connectivity index (χ1v) is 7.59. The first kappa shape index (κ1) is 14.3. The molecule has 3 nitrogen and oxygen atoms in total. The molecule has 4 atom stereocenters. The minimum atomic E-state index is 0.654. The Morgan fingerprint density at radius 3 is 2.50 bits per heavy atom. The summed E-state index contributed by atoms with van der Waals surface area (Å²) in [5, 5.41) is 3.57. The van der Waals surface area contributed by atoms with E-state index in [9.17, 15) is 0 Å². The van der Waals surface area contributed by atoms with Gasteiger partial charge in [-0.3, -0.25) is 4.90 Å². The standard InChI is InChI=1S/C15H30N2O/c1-11-9-12(2)15(14(10-11)16-3)17(7-8-18-4)13-5-6-13/h11-16H,5-10H2,1-4H3. The highest BCUT2D eigenvalue weighted by Gasteiger charge is 2.42. The number of hydrogen-bond donors (Lipinski definition) is 1. The number of nitrogens with zero attached hydrogens (tertiary/aromatic N) is 1. The predicted molar refractivity (Wildman–Crippen MR) is 75.8 cm³/mol. The van der Waals surface area contributed by atoms with Gasteiger partial charge in [-0.1, -0.05) is 13.8 Å². The third-order valence-electron chi connectivity index (χ3n) is 4.75. The van der Waals surface area contributed by atoms with Crippen LogP contribution in [0.3, 0.4) is 0 Å². The summed E-state index contributed by atoms with van der Waals surface area (Å²) in [5.41, 5.74) is 0. The molecule has 0 saturated heterocycles. The number of hydrogen-bond acceptors (Lipinski definition) is 3. The van der Waals surface area contributed by atoms with E-state index in [2.05, 4.69) is 31.1 Å². The molecule has 0 amide bonds. The molecule has 0 aliphatic heterocycles. The van der Waals surface area contributed by atoms with Crippen LogP contribution >= 0.6 is 0 Å². The Balaban J connectivity index is 2.05. The van der Waals surface area contributed by atoms with E-state index in [4.69, 9.17) is 4.74 Å². The molecule has 2 saturated carbocycles. The maximum atomic E-state index is 5.30. The van der Waals surface area contributed by atoms with Gasteiger partial charge in [0.2, 0.25) is 0 Å². The van der Waals surface area contributed by atoms with Crippen molar-refractivity contribution in [3.8, 4) is 0 Å². The number of ether oxygens (including phenoxy) is 1. The smallest absolute Gasteiger partial charge is 0.0589 e. The van der Waals surface area contributed by atoms with Gasteiger partial charge in [-0.15, -0.1) is 0 Å². The molecule has 2 aliphatic carbocycles. The molecule has 2 aliphatic rings. The molecule has 0 heterocycles. The minimum Gasteiger partial charge on any atom is -0.383 e. The molecule has 0 aromatic carbocycles. The summed E-state index contributed by atoms with van der Waals surface area (Å²) >= 11 is 0. The first-order valence-electron chi connectivity index (χ1n) is 7.59. The molecule has 0 spiro atoms. The molecule has 0 radical (unpaired) electrons. The largest absolute Gasteiger partial charge is 0.383 e. The lowest BCUT2D eigenvalue weighted by Gasteiger charge is -2.46. The summed E-state index contributed by atoms with van der Waals surface area (Å²) in [7, 11) is 3.94. The van der Waals surface area contributed by atoms with E-state index in [1.165, 1.54) is 25.7 Å². The van der Waals surface area contributed by atoms with Gasteiger partial charge in [0.1, 0.15) is 0 Å². The molecule has 106 valence electrons. The van der Waals surface area contributed by atoms with Gasteiger partial charge in [-0.2, -0.15) is 0 Å². The lowest BCUT2D eigenvalue weighted by atomic mass is 9.75. The van der Waals surface area contributed by atoms with Gasteiger partial charge in [-0.05, 0) is 44.6 Å². The van der Waals surface area contributed by atoms with Crippen molar-refractivity contribution in [1.29, 1.82) is 0 Å². The van der Waals surface area contributed by atoms with E-state index in [0.717, 1.165) is 31.0 Å². The Kier molecular flexibility index (Phi) is 5.05. The highest BCUT2D eigenvalue weighted by atomic mass is 16.5. The fourth-order valence-corrected chi connectivity index (χ4v) is 3.86. The van der Waals surface area contributed by atoms with E-state index in [0.29, 0.717) is 12.1 Å². The molecule has 18 heavy (non-hydrogen) atoms. The second-order valence-corrected chi connectivity index (χ2v) is 6.40. The third-order valence-corrected chi connectivity index (χ3v) is 4.75. The van der Waals surface area contributed by atoms with Crippen LogP contribution in [0.1, 0.15) is 39.5 Å². The van der Waals surface area contributed by atoms with Crippen molar-refractivity contribution in [2.24, 2.45) is 11.8 Å². The van der Waals surface area contributed by atoms with Crippen LogP contribution in [0, 0.1) is 11.8 Å². The van der Waals surface area contributed by atoms with Crippen LogP contribution < -0.4 is 5.32 Å². The van der Waals surface area contributed by atoms with Gasteiger partial charge in [0.25, 0.3) is 0 Å². The fourth-order valence-electron chi connectivity index (χ4n) is 3.86. The highest BCUT2D eigenvalue weighted by Crippen LogP contribution is 2.37. The van der Waals surface area contributed by atoms with Crippen LogP contribution in [0.25, 0.3) is 0 Å². The Morgan fingerprint density at radius 1 is 1.22 bits per heavy atom. The summed E-state index contributed by atoms with van der Waals surface area (Å²) < 4.78 is 5.30. The summed E-state index contributed by atoms with van der Waals surface area (Å²) in [5.74, 6) is 1.65. The Bertz CT molecular complexity index is 255. The second-order valence-electron chi connectivity index (χ2n) is 6.40. The van der Waals surface area contributed by atoms with Crippen LogP contribution in [0.15, 0.2) is 0 Å². The topological polar surface area (TPSA) is 24.5 Å². The molecular formula is C15H30N2O. The lowest BCUT2D eigenvalue weighted by molar-refractivity contribution is 0.0378. The van der Waals surface area contributed by atoms with Crippen molar-refractivity contribution < 1.29 is 4.74 Å². The SMILES string of the molecule is CNC1CC(C)CC(C)C1N(CCOC)C1CC1. The van der Waals surface area contributed by atoms with Crippen molar-refractivity contribution in [2.75, 3.05) is 27.3 Å². The molecule has 0 bridgehead atoms. The van der Waals surface area contributed by atoms with E-state index in [1.54, 1.807) is 0 Å². The molecule has 1 N–H and O–H groups in total. The van der Waals surface area contributed by atoms with Crippen molar-refractivity contribution in [1.82, 2.24) is 10.2 Å². The zero-order valence-corrected chi connectivity index (χ0v) is 12.5. The number of rotatable bonds is 6. The van der Waals surface area contributed by atoms with Crippen molar-refractivity contribution in [3.63, 3.8) is 0 Å². The quantitative estimate of drug-likeness (QED) is 0.786. The van der Waals surface area contributed by atoms with Crippen molar-refractivity contribution >= 4 is 0 Å². The normalized spacial score (nSPS) is 37.2. The first-order chi connectivity index (χ1) is 8.67. The van der Waals surface area contributed by atoms with Crippen molar-refractivity contribution in [2.45, 2.75) is 57.7 Å². The predicted octanol–water partition coefficient (Wildman–Crippen LogP) is 2.12. The van der Waals surface area contributed by atoms with Gasteiger partial charge >= 0.3 is 0 Å². The molecule has 0 aromatic heterocycles. The van der Waals surface area contributed by atoms with Gasteiger partial charge in [-0.25, -0.2) is 0 Å². The zero-order valence-electron chi connectivity index (χ0n) is 12.5. The molecular weight excluding hydrogens is 224 g/mol. The van der Waals surface area contributed by atoms with Crippen molar-refractivity contribution in [3.05, 3.63) is 0 Å². The van der Waals surface area contributed by atoms with Gasteiger partial charge in [0.05, 0.1) is 6.61 Å². The highest BCUT2D eigenvalue weighted by molar-refractivity contribution is 4.98. The number of likely N-dealkylation sites (N-methyl/N-ethyl adjacent to an activating group) is 1. The van der Waals surface area contributed by atoms with Gasteiger partial charge in [0, 0.05) is 31.8 Å². The van der Waals surface area contributed by atoms with Crippen LogP contribution in [-0.4, -0.2) is 50.3 Å². The second kappa shape index (κ2) is 6.36. The summed E-state index contributed by atoms with van der Waals surface area (Å²) in [6.45, 7) is 6.80. The molecule has 0 aromatic rings. The number of methoxy groups -OCH3 is 1. The van der Waals surface area contributed by atoms with E-state index >= 15 is 0 Å². The average molecular weight is 254 g/mol. The maximum Gasteiger partial charge on any atom is 0.0589 e. The van der Waals surface area contributed by atoms with Crippen LogP contribution in [0.4, 0.5) is 0 Å². The fraction of sp³-hybridized carbons (Fsp3) is 1.00. The molecule has 3 heteroatoms. The summed E-state index contributed by atoms with van der Waals surface area (Å²) in [6.07, 6.45) is 5.47. The van der Waals surface area contributed by atoms with Gasteiger partial charge < -0.3 is 10.1 Å². The Hall–Kier alpha value is -0.120. The molecule has 2 rings (SSSR count). The monoisotopic (exact) mass is 254 g/mol. The van der Waals surface area contributed by atoms with E-state index in [-0.39, 0.29) is 0 Å². The molecule has 4 unspecified atom stereocenters. The van der Waals surface area contributed by atoms with Crippen LogP contribution in [0.5, 0.6) is 0 Å². The third kappa shape index (κ3) is 3.25. The number of nitrogens with one attached hydrogen (secondary N) is 1. The van der Waals surface area contributed by atoms with Crippen LogP contribution in [0.2, 0.25) is 0 Å². The summed E-state index contributed by atoms with van der Waals surface area (Å²) in [4.78, 5) is 2.74. The summed E-state index contributed by atoms with van der Waals surface area (Å²) in [6, 6.07) is 2.19. The van der Waals surface area contributed by atoms with Gasteiger partial charge in [0.15, 0.2) is 0 Å². The average Bonchev–Trinajstić information content (AvgIpc) is 3.15. The van der Waals surface area contributed by atoms with E-state index < -0.39 is 0 Å². The maximum absolute atomic E-state index is 5.30. The van der Waals surface area contributed by atoms with Crippen LogP contribution in [-0.2, 0) is 4.74 Å². The minimum absolute atomic E-state index is 0.654.